The van der Waals surface area contributed by atoms with Gasteiger partial charge in [-0.25, -0.2) is 0 Å². The van der Waals surface area contributed by atoms with Crippen molar-refractivity contribution in [2.45, 2.75) is 0 Å². The molecule has 3 N–H and O–H groups in total. The monoisotopic (exact) mass is 145 g/mol. The largest absolute Gasteiger partial charge is 0.344 e. The van der Waals surface area contributed by atoms with E-state index in [0.717, 1.165) is 0 Å². The lowest BCUT2D eigenvalue weighted by atomic mass is 14.0. The van der Waals surface area contributed by atoms with Gasteiger partial charge in [-0.2, -0.15) is 16.8 Å². The van der Waals surface area contributed by atoms with E-state index < -0.39 is 23.1 Å². The van der Waals surface area contributed by atoms with Crippen molar-refractivity contribution in [1.29, 1.82) is 0 Å². The molecule has 5 nitrogen and oxygen atoms in total. The molecule has 0 aliphatic rings. The van der Waals surface area contributed by atoms with E-state index in [1.807, 2.05) is 0 Å². The maximum atomic E-state index is 8.29. The SMILES string of the molecule is N.O=S=O.O=S=O. The zero-order valence-electron chi connectivity index (χ0n) is 3.16. The molecule has 44 valence electrons. The Bertz CT molecular complexity index is 63.7. The van der Waals surface area contributed by atoms with E-state index in [2.05, 4.69) is 0 Å². The molecular formula is H3NO4S2. The zero-order chi connectivity index (χ0) is 5.41. The second-order valence-corrected chi connectivity index (χ2v) is 0.408. The molecule has 0 fully saturated rings. The first-order valence-corrected chi connectivity index (χ1v) is 2.00. The van der Waals surface area contributed by atoms with Gasteiger partial charge in [0.05, 0.1) is 0 Å². The standard InChI is InChI=1S/H3N.2O2S/c;2*1-3-2/h1H3;;. The van der Waals surface area contributed by atoms with Crippen molar-refractivity contribution in [2.75, 3.05) is 0 Å². The second kappa shape index (κ2) is 46.3. The average Bonchev–Trinajstić information content (AvgIpc) is 1.39. The normalized spacial score (nSPS) is 3.43. The van der Waals surface area contributed by atoms with Crippen LogP contribution in [0.3, 0.4) is 0 Å². The van der Waals surface area contributed by atoms with Crippen LogP contribution in [0.1, 0.15) is 0 Å². The lowest BCUT2D eigenvalue weighted by molar-refractivity contribution is 0.628. The molecule has 0 aliphatic carbocycles. The molecule has 0 unspecified atom stereocenters. The molecule has 0 aliphatic heterocycles. The van der Waals surface area contributed by atoms with Crippen LogP contribution in [0.25, 0.3) is 0 Å². The molecule has 0 spiro atoms. The third-order valence-electron chi connectivity index (χ3n) is 0. The fourth-order valence-corrected chi connectivity index (χ4v) is 0. The molecule has 0 atom stereocenters. The summed E-state index contributed by atoms with van der Waals surface area (Å²) in [4.78, 5) is 0. The van der Waals surface area contributed by atoms with Crippen molar-refractivity contribution in [3.8, 4) is 0 Å². The topological polar surface area (TPSA) is 103 Å². The molecule has 0 amide bonds. The van der Waals surface area contributed by atoms with Crippen LogP contribution in [0.4, 0.5) is 0 Å². The molecule has 0 bridgehead atoms. The molecule has 7 heteroatoms. The van der Waals surface area contributed by atoms with Gasteiger partial charge in [0.2, 0.25) is 0 Å². The van der Waals surface area contributed by atoms with Gasteiger partial charge < -0.3 is 6.15 Å². The predicted molar refractivity (Wildman–Crippen MR) is 22.9 cm³/mol. The molecule has 0 radical (unpaired) electrons. The fourth-order valence-electron chi connectivity index (χ4n) is 0. The quantitative estimate of drug-likeness (QED) is 0.462. The minimum atomic E-state index is -0.750. The van der Waals surface area contributed by atoms with Gasteiger partial charge in [0.15, 0.2) is 0 Å². The second-order valence-electron chi connectivity index (χ2n) is 0.136. The van der Waals surface area contributed by atoms with Crippen molar-refractivity contribution >= 4 is 23.1 Å². The Morgan fingerprint density at radius 1 is 0.714 bits per heavy atom. The molecule has 0 saturated heterocycles. The summed E-state index contributed by atoms with van der Waals surface area (Å²) >= 11 is -1.50. The van der Waals surface area contributed by atoms with E-state index in [4.69, 9.17) is 16.8 Å². The van der Waals surface area contributed by atoms with Gasteiger partial charge >= 0.3 is 23.1 Å². The van der Waals surface area contributed by atoms with E-state index in [9.17, 15) is 0 Å². The van der Waals surface area contributed by atoms with E-state index in [-0.39, 0.29) is 6.15 Å². The molecule has 0 rings (SSSR count). The minimum Gasteiger partial charge on any atom is -0.344 e. The lowest BCUT2D eigenvalue weighted by Crippen LogP contribution is -1.18. The fraction of sp³-hybridized carbons (Fsp3) is 0. The van der Waals surface area contributed by atoms with Gasteiger partial charge in [0.25, 0.3) is 0 Å². The first kappa shape index (κ1) is 16.0. The Morgan fingerprint density at radius 2 is 0.714 bits per heavy atom. The number of rotatable bonds is 0. The van der Waals surface area contributed by atoms with E-state index in [1.165, 1.54) is 0 Å². The highest BCUT2D eigenvalue weighted by atomic mass is 32.1. The number of hydrogen-bond donors (Lipinski definition) is 1. The molecule has 0 aromatic heterocycles. The van der Waals surface area contributed by atoms with Crippen molar-refractivity contribution in [3.63, 3.8) is 0 Å². The van der Waals surface area contributed by atoms with Gasteiger partial charge in [0, 0.05) is 0 Å². The Morgan fingerprint density at radius 3 is 0.714 bits per heavy atom. The molecule has 0 aromatic carbocycles. The minimum absolute atomic E-state index is 0. The molecule has 0 saturated carbocycles. The summed E-state index contributed by atoms with van der Waals surface area (Å²) in [5, 5.41) is 0. The Balaban J connectivity index is -0.0000000400. The van der Waals surface area contributed by atoms with Crippen LogP contribution in [0, 0.1) is 0 Å². The van der Waals surface area contributed by atoms with Gasteiger partial charge in [0.1, 0.15) is 0 Å². The Kier molecular flexibility index (Phi) is 106. The van der Waals surface area contributed by atoms with Crippen molar-refractivity contribution < 1.29 is 16.8 Å². The molecular weight excluding hydrogens is 142 g/mol. The Hall–Kier alpha value is -0.400. The predicted octanol–water partition coefficient (Wildman–Crippen LogP) is -1.18. The highest BCUT2D eigenvalue weighted by Gasteiger charge is 1.12. The van der Waals surface area contributed by atoms with Crippen LogP contribution in [-0.2, 0) is 23.1 Å². The first-order valence-electron chi connectivity index (χ1n) is 0.667. The van der Waals surface area contributed by atoms with Gasteiger partial charge in [-0.3, -0.25) is 0 Å². The summed E-state index contributed by atoms with van der Waals surface area (Å²) in [6.45, 7) is 0. The van der Waals surface area contributed by atoms with Crippen molar-refractivity contribution in [2.24, 2.45) is 0 Å². The lowest BCUT2D eigenvalue weighted by Gasteiger charge is -0.947. The highest BCUT2D eigenvalue weighted by molar-refractivity contribution is 7.51. The third kappa shape index (κ3) is 454. The summed E-state index contributed by atoms with van der Waals surface area (Å²) in [7, 11) is 0. The van der Waals surface area contributed by atoms with Crippen LogP contribution < -0.4 is 6.15 Å². The van der Waals surface area contributed by atoms with Gasteiger partial charge in [-0.15, -0.1) is 0 Å². The maximum absolute atomic E-state index is 8.29. The Labute approximate surface area is 46.9 Å². The van der Waals surface area contributed by atoms with Crippen molar-refractivity contribution in [1.82, 2.24) is 6.15 Å². The van der Waals surface area contributed by atoms with Gasteiger partial charge in [-0.1, -0.05) is 0 Å². The molecule has 0 aromatic rings. The smallest absolute Gasteiger partial charge is 0.335 e. The van der Waals surface area contributed by atoms with Gasteiger partial charge in [-0.05, 0) is 0 Å². The zero-order valence-corrected chi connectivity index (χ0v) is 4.79. The summed E-state index contributed by atoms with van der Waals surface area (Å²) in [5.74, 6) is 0. The van der Waals surface area contributed by atoms with Crippen LogP contribution in [0.5, 0.6) is 0 Å². The van der Waals surface area contributed by atoms with Crippen LogP contribution in [-0.4, -0.2) is 16.8 Å². The van der Waals surface area contributed by atoms with Crippen molar-refractivity contribution in [3.05, 3.63) is 0 Å². The molecule has 7 heavy (non-hydrogen) atoms. The van der Waals surface area contributed by atoms with E-state index in [0.29, 0.717) is 0 Å². The summed E-state index contributed by atoms with van der Waals surface area (Å²) in [6, 6.07) is 0. The number of hydrogen-bond acceptors (Lipinski definition) is 5. The van der Waals surface area contributed by atoms with Crippen LogP contribution >= 0.6 is 0 Å². The van der Waals surface area contributed by atoms with Crippen LogP contribution in [0.2, 0.25) is 0 Å². The first-order chi connectivity index (χ1) is 2.83. The van der Waals surface area contributed by atoms with E-state index in [1.54, 1.807) is 0 Å². The summed E-state index contributed by atoms with van der Waals surface area (Å²) in [6.07, 6.45) is 0. The van der Waals surface area contributed by atoms with E-state index >= 15 is 0 Å². The maximum Gasteiger partial charge on any atom is 0.335 e. The highest BCUT2D eigenvalue weighted by Crippen LogP contribution is 0.849. The third-order valence-corrected chi connectivity index (χ3v) is 0. The average molecular weight is 145 g/mol. The van der Waals surface area contributed by atoms with Crippen LogP contribution in [0.15, 0.2) is 0 Å². The summed E-state index contributed by atoms with van der Waals surface area (Å²) in [5.41, 5.74) is 0. The summed E-state index contributed by atoms with van der Waals surface area (Å²) < 4.78 is 33.2. The molecule has 0 heterocycles.